The molecular formula is C29H27N3O3. The van der Waals surface area contributed by atoms with Crippen LogP contribution in [0.15, 0.2) is 72.8 Å². The Morgan fingerprint density at radius 2 is 1.71 bits per heavy atom. The van der Waals surface area contributed by atoms with Gasteiger partial charge in [0, 0.05) is 5.56 Å². The van der Waals surface area contributed by atoms with Crippen LogP contribution in [0.25, 0.3) is 15.9 Å². The van der Waals surface area contributed by atoms with Crippen LogP contribution in [-0.4, -0.2) is 21.4 Å². The molecule has 1 aliphatic rings. The summed E-state index contributed by atoms with van der Waals surface area (Å²) in [6.07, 6.45) is 6.30. The summed E-state index contributed by atoms with van der Waals surface area (Å²) in [5.74, 6) is 2.19. The van der Waals surface area contributed by atoms with Gasteiger partial charge in [0.05, 0.1) is 30.3 Å². The van der Waals surface area contributed by atoms with Gasteiger partial charge in [-0.05, 0) is 62.1 Å². The molecule has 0 saturated heterocycles. The second-order valence-corrected chi connectivity index (χ2v) is 8.83. The first-order valence-corrected chi connectivity index (χ1v) is 12.0. The molecule has 1 heterocycles. The maximum atomic E-state index is 13.0. The van der Waals surface area contributed by atoms with E-state index >= 15 is 0 Å². The first-order chi connectivity index (χ1) is 17.2. The quantitative estimate of drug-likeness (QED) is 0.213. The highest BCUT2D eigenvalue weighted by Crippen LogP contribution is 2.26. The summed E-state index contributed by atoms with van der Waals surface area (Å²) in [6.45, 7) is 7.64. The largest absolute Gasteiger partial charge is 0.490 e. The fourth-order valence-electron chi connectivity index (χ4n) is 4.52. The number of fused-ring (bicyclic) bond motifs is 1. The summed E-state index contributed by atoms with van der Waals surface area (Å²) in [7, 11) is 0. The third-order valence-electron chi connectivity index (χ3n) is 6.38. The summed E-state index contributed by atoms with van der Waals surface area (Å²) < 4.78 is 14.0. The Balaban J connectivity index is 1.33. The van der Waals surface area contributed by atoms with Crippen molar-refractivity contribution >= 4 is 22.5 Å². The maximum absolute atomic E-state index is 13.0. The molecule has 1 aromatic heterocycles. The van der Waals surface area contributed by atoms with Gasteiger partial charge in [-0.3, -0.25) is 4.79 Å². The maximum Gasteiger partial charge on any atom is 0.189 e. The Bertz CT molecular complexity index is 1350. The lowest BCUT2D eigenvalue weighted by atomic mass is 9.98. The van der Waals surface area contributed by atoms with Gasteiger partial charge >= 0.3 is 0 Å². The number of ether oxygens (including phenoxy) is 2. The molecule has 0 radical (unpaired) electrons. The second kappa shape index (κ2) is 10.4. The summed E-state index contributed by atoms with van der Waals surface area (Å²) >= 11 is 0. The normalized spacial score (nSPS) is 13.9. The van der Waals surface area contributed by atoms with Gasteiger partial charge < -0.3 is 14.0 Å². The van der Waals surface area contributed by atoms with Gasteiger partial charge in [0.15, 0.2) is 11.5 Å². The van der Waals surface area contributed by atoms with Crippen LogP contribution in [0.2, 0.25) is 0 Å². The number of hydrogen-bond acceptors (Lipinski definition) is 4. The van der Waals surface area contributed by atoms with Gasteiger partial charge in [-0.1, -0.05) is 42.8 Å². The smallest absolute Gasteiger partial charge is 0.189 e. The number of Topliss-reactive ketones (excluding diaryl/α,β-unsaturated/α-hetero) is 1. The summed E-state index contributed by atoms with van der Waals surface area (Å²) in [5.41, 5.74) is 2.64. The number of hydrogen-bond donors (Lipinski definition) is 0. The Labute approximate surface area is 205 Å². The Morgan fingerprint density at radius 3 is 2.46 bits per heavy atom. The van der Waals surface area contributed by atoms with E-state index < -0.39 is 0 Å². The topological polar surface area (TPSA) is 57.7 Å². The number of carbonyl (C=O) groups is 1. The Hall–Kier alpha value is -4.11. The zero-order valence-electron chi connectivity index (χ0n) is 19.5. The fraction of sp³-hybridized carbons (Fsp3) is 0.276. The van der Waals surface area contributed by atoms with Gasteiger partial charge in [-0.25, -0.2) is 9.83 Å². The van der Waals surface area contributed by atoms with Gasteiger partial charge in [-0.15, -0.1) is 0 Å². The van der Waals surface area contributed by atoms with E-state index in [0.29, 0.717) is 34.4 Å². The first-order valence-electron chi connectivity index (χ1n) is 12.0. The van der Waals surface area contributed by atoms with Crippen LogP contribution < -0.4 is 9.47 Å². The van der Waals surface area contributed by atoms with E-state index in [1.54, 1.807) is 12.1 Å². The molecule has 1 saturated carbocycles. The number of nitrogens with zero attached hydrogens (tertiary/aromatic N) is 3. The number of carbonyl (C=O) groups excluding carboxylic acids is 1. The van der Waals surface area contributed by atoms with Crippen LogP contribution in [0.3, 0.4) is 0 Å². The number of imidazole rings is 1. The van der Waals surface area contributed by atoms with Crippen molar-refractivity contribution in [3.05, 3.63) is 95.6 Å². The molecule has 6 heteroatoms. The second-order valence-electron chi connectivity index (χ2n) is 8.83. The average Bonchev–Trinajstić information content (AvgIpc) is 3.25. The zero-order valence-corrected chi connectivity index (χ0v) is 19.5. The van der Waals surface area contributed by atoms with Crippen LogP contribution in [0.1, 0.15) is 48.3 Å². The molecule has 3 aromatic carbocycles. The van der Waals surface area contributed by atoms with Crippen molar-refractivity contribution in [1.29, 1.82) is 0 Å². The number of ketones is 1. The standard InChI is InChI=1S/C29H27N3O3/c1-30-22-12-17-27-26(18-22)31-29(32(27)19-28(33)21-8-4-2-5-9-21)20-34-23-13-15-25(16-14-23)35-24-10-6-3-7-11-24/h2,4-5,8-9,12-18,24H,3,6-7,10-11,19-20H2. The molecule has 1 fully saturated rings. The zero-order chi connectivity index (χ0) is 24.0. The summed E-state index contributed by atoms with van der Waals surface area (Å²) in [6, 6.07) is 22.2. The molecule has 1 aliphatic carbocycles. The predicted octanol–water partition coefficient (Wildman–Crippen LogP) is 6.76. The monoisotopic (exact) mass is 465 g/mol. The molecule has 0 N–H and O–H groups in total. The molecule has 6 nitrogen and oxygen atoms in total. The van der Waals surface area contributed by atoms with Crippen LogP contribution in [0.4, 0.5) is 5.69 Å². The van der Waals surface area contributed by atoms with Gasteiger partial charge in [0.2, 0.25) is 0 Å². The van der Waals surface area contributed by atoms with E-state index in [0.717, 1.165) is 24.1 Å². The average molecular weight is 466 g/mol. The first kappa shape index (κ1) is 22.7. The Morgan fingerprint density at radius 1 is 0.971 bits per heavy atom. The van der Waals surface area contributed by atoms with Crippen molar-refractivity contribution in [3.63, 3.8) is 0 Å². The molecule has 35 heavy (non-hydrogen) atoms. The lowest BCUT2D eigenvalue weighted by molar-refractivity contribution is 0.0971. The number of benzene rings is 3. The Kier molecular flexibility index (Phi) is 6.76. The van der Waals surface area contributed by atoms with Crippen molar-refractivity contribution in [2.45, 2.75) is 51.4 Å². The molecular weight excluding hydrogens is 438 g/mol. The highest BCUT2D eigenvalue weighted by atomic mass is 16.5. The van der Waals surface area contributed by atoms with Crippen molar-refractivity contribution in [2.75, 3.05) is 0 Å². The van der Waals surface area contributed by atoms with Crippen molar-refractivity contribution < 1.29 is 14.3 Å². The SMILES string of the molecule is [C-]#[N+]c1ccc2c(c1)nc(COc1ccc(OC3CCCCC3)cc1)n2CC(=O)c1ccccc1. The number of aromatic nitrogens is 2. The molecule has 176 valence electrons. The summed E-state index contributed by atoms with van der Waals surface area (Å²) in [4.78, 5) is 21.2. The molecule has 5 rings (SSSR count). The van der Waals surface area contributed by atoms with Crippen molar-refractivity contribution in [1.82, 2.24) is 9.55 Å². The third kappa shape index (κ3) is 5.36. The minimum Gasteiger partial charge on any atom is -0.490 e. The lowest BCUT2D eigenvalue weighted by Crippen LogP contribution is -2.19. The van der Waals surface area contributed by atoms with E-state index in [2.05, 4.69) is 4.85 Å². The van der Waals surface area contributed by atoms with E-state index in [1.165, 1.54) is 19.3 Å². The van der Waals surface area contributed by atoms with Crippen LogP contribution in [0.5, 0.6) is 11.5 Å². The van der Waals surface area contributed by atoms with E-state index in [-0.39, 0.29) is 18.9 Å². The molecule has 0 atom stereocenters. The molecule has 0 spiro atoms. The van der Waals surface area contributed by atoms with E-state index in [4.69, 9.17) is 21.0 Å². The molecule has 0 amide bonds. The van der Waals surface area contributed by atoms with Crippen LogP contribution >= 0.6 is 0 Å². The van der Waals surface area contributed by atoms with Crippen LogP contribution in [-0.2, 0) is 13.2 Å². The van der Waals surface area contributed by atoms with Gasteiger partial charge in [-0.2, -0.15) is 0 Å². The lowest BCUT2D eigenvalue weighted by Gasteiger charge is -2.23. The third-order valence-corrected chi connectivity index (χ3v) is 6.38. The minimum atomic E-state index is -0.00961. The summed E-state index contributed by atoms with van der Waals surface area (Å²) in [5, 5.41) is 0. The van der Waals surface area contributed by atoms with Crippen LogP contribution in [0, 0.1) is 6.57 Å². The van der Waals surface area contributed by atoms with E-state index in [9.17, 15) is 4.79 Å². The van der Waals surface area contributed by atoms with E-state index in [1.807, 2.05) is 65.2 Å². The molecule has 0 unspecified atom stereocenters. The molecule has 0 aliphatic heterocycles. The fourth-order valence-corrected chi connectivity index (χ4v) is 4.52. The predicted molar refractivity (Wildman–Crippen MR) is 135 cm³/mol. The van der Waals surface area contributed by atoms with Crippen molar-refractivity contribution in [3.8, 4) is 11.5 Å². The van der Waals surface area contributed by atoms with Gasteiger partial charge in [0.25, 0.3) is 0 Å². The van der Waals surface area contributed by atoms with Crippen molar-refractivity contribution in [2.24, 2.45) is 0 Å². The molecule has 4 aromatic rings. The highest BCUT2D eigenvalue weighted by Gasteiger charge is 2.17. The highest BCUT2D eigenvalue weighted by molar-refractivity contribution is 5.96. The molecule has 0 bridgehead atoms. The minimum absolute atomic E-state index is 0.00961. The number of rotatable bonds is 8. The van der Waals surface area contributed by atoms with Gasteiger partial charge in [0.1, 0.15) is 23.9 Å².